The summed E-state index contributed by atoms with van der Waals surface area (Å²) in [7, 11) is 1.73. The zero-order chi connectivity index (χ0) is 13.4. The highest BCUT2D eigenvalue weighted by molar-refractivity contribution is 5.96. The molecule has 1 aromatic rings. The summed E-state index contributed by atoms with van der Waals surface area (Å²) in [6.45, 7) is 2.94. The third kappa shape index (κ3) is 1.99. The molecule has 0 aliphatic carbocycles. The Hall–Kier alpha value is -1.89. The summed E-state index contributed by atoms with van der Waals surface area (Å²) < 4.78 is 6.57. The summed E-state index contributed by atoms with van der Waals surface area (Å²) in [5.41, 5.74) is 1.27. The summed E-state index contributed by atoms with van der Waals surface area (Å²) in [6.07, 6.45) is 2.16. The normalized spacial score (nSPS) is 19.5. The SMILES string of the molecule is CN1CCc2c(C(=O)N3CCOCC3)cnn2C1=O. The molecule has 2 aliphatic heterocycles. The molecule has 0 N–H and O–H groups in total. The van der Waals surface area contributed by atoms with Crippen molar-refractivity contribution in [2.45, 2.75) is 6.42 Å². The second-order valence-corrected chi connectivity index (χ2v) is 4.78. The van der Waals surface area contributed by atoms with Crippen LogP contribution in [0.15, 0.2) is 6.20 Å². The van der Waals surface area contributed by atoms with E-state index in [9.17, 15) is 9.59 Å². The van der Waals surface area contributed by atoms with Gasteiger partial charge in [0.15, 0.2) is 0 Å². The standard InChI is InChI=1S/C12H16N4O3/c1-14-3-2-10-9(8-13-16(10)12(14)18)11(17)15-4-6-19-7-5-15/h8H,2-7H2,1H3. The van der Waals surface area contributed by atoms with Gasteiger partial charge in [0.25, 0.3) is 5.91 Å². The van der Waals surface area contributed by atoms with Crippen molar-refractivity contribution in [2.24, 2.45) is 0 Å². The highest BCUT2D eigenvalue weighted by atomic mass is 16.5. The van der Waals surface area contributed by atoms with Crippen molar-refractivity contribution in [3.63, 3.8) is 0 Å². The van der Waals surface area contributed by atoms with Gasteiger partial charge in [0.2, 0.25) is 0 Å². The zero-order valence-electron chi connectivity index (χ0n) is 10.8. The van der Waals surface area contributed by atoms with Crippen molar-refractivity contribution in [1.29, 1.82) is 0 Å². The van der Waals surface area contributed by atoms with Gasteiger partial charge in [-0.3, -0.25) is 4.79 Å². The fourth-order valence-corrected chi connectivity index (χ4v) is 2.43. The quantitative estimate of drug-likeness (QED) is 0.705. The molecular formula is C12H16N4O3. The van der Waals surface area contributed by atoms with E-state index < -0.39 is 0 Å². The minimum absolute atomic E-state index is 0.0538. The van der Waals surface area contributed by atoms with Gasteiger partial charge in [-0.15, -0.1) is 0 Å². The Morgan fingerprint density at radius 3 is 2.79 bits per heavy atom. The zero-order valence-corrected chi connectivity index (χ0v) is 10.8. The predicted octanol–water partition coefficient (Wildman–Crippen LogP) is -0.189. The molecule has 7 nitrogen and oxygen atoms in total. The first-order valence-electron chi connectivity index (χ1n) is 6.38. The third-order valence-electron chi connectivity index (χ3n) is 3.59. The molecule has 7 heteroatoms. The van der Waals surface area contributed by atoms with Gasteiger partial charge in [-0.1, -0.05) is 0 Å². The van der Waals surface area contributed by atoms with E-state index in [-0.39, 0.29) is 11.9 Å². The predicted molar refractivity (Wildman–Crippen MR) is 66.1 cm³/mol. The van der Waals surface area contributed by atoms with Crippen LogP contribution in [0.2, 0.25) is 0 Å². The van der Waals surface area contributed by atoms with Crippen LogP contribution in [0.4, 0.5) is 4.79 Å². The highest BCUT2D eigenvalue weighted by Crippen LogP contribution is 2.17. The molecule has 1 saturated heterocycles. The lowest BCUT2D eigenvalue weighted by molar-refractivity contribution is 0.0302. The fraction of sp³-hybridized carbons (Fsp3) is 0.583. The molecule has 3 heterocycles. The smallest absolute Gasteiger partial charge is 0.344 e. The number of rotatable bonds is 1. The molecule has 1 aromatic heterocycles. The van der Waals surface area contributed by atoms with E-state index in [1.54, 1.807) is 16.8 Å². The van der Waals surface area contributed by atoms with Crippen molar-refractivity contribution in [3.8, 4) is 0 Å². The van der Waals surface area contributed by atoms with Crippen LogP contribution in [0.3, 0.4) is 0 Å². The summed E-state index contributed by atoms with van der Waals surface area (Å²) >= 11 is 0. The van der Waals surface area contributed by atoms with Gasteiger partial charge in [0.1, 0.15) is 0 Å². The number of fused-ring (bicyclic) bond motifs is 1. The molecule has 2 aliphatic rings. The summed E-state index contributed by atoms with van der Waals surface area (Å²) in [5, 5.41) is 4.05. The van der Waals surface area contributed by atoms with Crippen LogP contribution in [-0.2, 0) is 11.2 Å². The Morgan fingerprint density at radius 1 is 1.32 bits per heavy atom. The van der Waals surface area contributed by atoms with Gasteiger partial charge in [-0.05, 0) is 0 Å². The average molecular weight is 264 g/mol. The van der Waals surface area contributed by atoms with E-state index in [4.69, 9.17) is 4.74 Å². The molecule has 0 saturated carbocycles. The maximum Gasteiger partial charge on any atom is 0.344 e. The van der Waals surface area contributed by atoms with Gasteiger partial charge in [0.05, 0.1) is 30.7 Å². The number of hydrogen-bond donors (Lipinski definition) is 0. The third-order valence-corrected chi connectivity index (χ3v) is 3.59. The number of likely N-dealkylation sites (N-methyl/N-ethyl adjacent to an activating group) is 1. The number of aromatic nitrogens is 2. The second-order valence-electron chi connectivity index (χ2n) is 4.78. The molecule has 0 radical (unpaired) electrons. The molecule has 0 unspecified atom stereocenters. The van der Waals surface area contributed by atoms with E-state index >= 15 is 0 Å². The van der Waals surface area contributed by atoms with E-state index in [1.165, 1.54) is 10.9 Å². The molecule has 19 heavy (non-hydrogen) atoms. The van der Waals surface area contributed by atoms with E-state index in [0.717, 1.165) is 5.69 Å². The first-order valence-corrected chi connectivity index (χ1v) is 6.38. The van der Waals surface area contributed by atoms with Crippen LogP contribution in [-0.4, -0.2) is 71.4 Å². The molecule has 0 atom stereocenters. The largest absolute Gasteiger partial charge is 0.378 e. The van der Waals surface area contributed by atoms with Crippen LogP contribution in [0.1, 0.15) is 16.1 Å². The van der Waals surface area contributed by atoms with Gasteiger partial charge in [-0.2, -0.15) is 9.78 Å². The van der Waals surface area contributed by atoms with E-state index in [2.05, 4.69) is 5.10 Å². The second kappa shape index (κ2) is 4.65. The van der Waals surface area contributed by atoms with Crippen molar-refractivity contribution in [1.82, 2.24) is 19.6 Å². The monoisotopic (exact) mass is 264 g/mol. The van der Waals surface area contributed by atoms with Gasteiger partial charge in [0, 0.05) is 33.1 Å². The summed E-state index contributed by atoms with van der Waals surface area (Å²) in [4.78, 5) is 27.7. The molecule has 0 spiro atoms. The summed E-state index contributed by atoms with van der Waals surface area (Å²) in [5.74, 6) is -0.0538. The van der Waals surface area contributed by atoms with Gasteiger partial charge >= 0.3 is 6.03 Å². The topological polar surface area (TPSA) is 67.7 Å². The lowest BCUT2D eigenvalue weighted by atomic mass is 10.1. The molecule has 102 valence electrons. The number of hydrogen-bond acceptors (Lipinski definition) is 4. The van der Waals surface area contributed by atoms with Crippen LogP contribution < -0.4 is 0 Å². The van der Waals surface area contributed by atoms with Crippen molar-refractivity contribution < 1.29 is 14.3 Å². The van der Waals surface area contributed by atoms with Crippen LogP contribution in [0.25, 0.3) is 0 Å². The first-order chi connectivity index (χ1) is 9.18. The number of ether oxygens (including phenoxy) is 1. The maximum atomic E-state index is 12.4. The van der Waals surface area contributed by atoms with Crippen molar-refractivity contribution >= 4 is 11.9 Å². The maximum absolute atomic E-state index is 12.4. The summed E-state index contributed by atoms with van der Waals surface area (Å²) in [6, 6.07) is -0.178. The highest BCUT2D eigenvalue weighted by Gasteiger charge is 2.29. The molecule has 3 rings (SSSR count). The first kappa shape index (κ1) is 12.2. The van der Waals surface area contributed by atoms with E-state index in [0.29, 0.717) is 44.8 Å². The number of carbonyl (C=O) groups is 2. The minimum atomic E-state index is -0.178. The molecule has 0 bridgehead atoms. The lowest BCUT2D eigenvalue weighted by Crippen LogP contribution is -2.42. The molecular weight excluding hydrogens is 248 g/mol. The Labute approximate surface area is 110 Å². The molecule has 2 amide bonds. The van der Waals surface area contributed by atoms with E-state index in [1.807, 2.05) is 0 Å². The number of carbonyl (C=O) groups excluding carboxylic acids is 2. The van der Waals surface area contributed by atoms with Crippen LogP contribution in [0.5, 0.6) is 0 Å². The number of nitrogens with zero attached hydrogens (tertiary/aromatic N) is 4. The molecule has 1 fully saturated rings. The van der Waals surface area contributed by atoms with Gasteiger partial charge < -0.3 is 14.5 Å². The average Bonchev–Trinajstić information content (AvgIpc) is 2.87. The Balaban J connectivity index is 1.88. The minimum Gasteiger partial charge on any atom is -0.378 e. The Bertz CT molecular complexity index is 519. The molecule has 0 aromatic carbocycles. The lowest BCUT2D eigenvalue weighted by Gasteiger charge is -2.28. The van der Waals surface area contributed by atoms with Crippen molar-refractivity contribution in [2.75, 3.05) is 39.9 Å². The number of amides is 2. The van der Waals surface area contributed by atoms with Gasteiger partial charge in [-0.25, -0.2) is 4.79 Å². The van der Waals surface area contributed by atoms with Crippen molar-refractivity contribution in [3.05, 3.63) is 17.5 Å². The Kier molecular flexibility index (Phi) is 2.98. The fourth-order valence-electron chi connectivity index (χ4n) is 2.43. The van der Waals surface area contributed by atoms with Crippen LogP contribution in [0, 0.1) is 0 Å². The van der Waals surface area contributed by atoms with Crippen LogP contribution >= 0.6 is 0 Å². The number of morpholine rings is 1. The Morgan fingerprint density at radius 2 is 2.05 bits per heavy atom.